The maximum atomic E-state index is 13.5. The summed E-state index contributed by atoms with van der Waals surface area (Å²) >= 11 is 1.29. The average Bonchev–Trinajstić information content (AvgIpc) is 3.42. The summed E-state index contributed by atoms with van der Waals surface area (Å²) in [6.45, 7) is 4.55. The van der Waals surface area contributed by atoms with Crippen molar-refractivity contribution in [2.75, 3.05) is 48.2 Å². The molecule has 0 bridgehead atoms. The number of ether oxygens (including phenoxy) is 1. The van der Waals surface area contributed by atoms with Crippen LogP contribution in [0.4, 0.5) is 22.3 Å². The highest BCUT2D eigenvalue weighted by Gasteiger charge is 2.25. The molecule has 6 rings (SSSR count). The van der Waals surface area contributed by atoms with E-state index in [0.717, 1.165) is 27.2 Å². The molecule has 1 aliphatic rings. The van der Waals surface area contributed by atoms with Crippen LogP contribution in [0.2, 0.25) is 0 Å². The van der Waals surface area contributed by atoms with Gasteiger partial charge in [0.1, 0.15) is 11.6 Å². The van der Waals surface area contributed by atoms with Crippen molar-refractivity contribution in [3.63, 3.8) is 0 Å². The van der Waals surface area contributed by atoms with Gasteiger partial charge >= 0.3 is 0 Å². The lowest BCUT2D eigenvalue weighted by atomic mass is 10.2. The van der Waals surface area contributed by atoms with Crippen LogP contribution in [0.5, 0.6) is 5.75 Å². The van der Waals surface area contributed by atoms with E-state index >= 15 is 0 Å². The van der Waals surface area contributed by atoms with Crippen molar-refractivity contribution >= 4 is 59.8 Å². The molecule has 0 unspecified atom stereocenters. The van der Waals surface area contributed by atoms with Crippen LogP contribution in [-0.4, -0.2) is 62.5 Å². The maximum Gasteiger partial charge on any atom is 0.263 e. The zero-order chi connectivity index (χ0) is 30.0. The van der Waals surface area contributed by atoms with Crippen LogP contribution in [0, 0.1) is 6.92 Å². The smallest absolute Gasteiger partial charge is 0.263 e. The molecule has 0 aliphatic carbocycles. The number of piperazine rings is 1. The second kappa shape index (κ2) is 11.9. The van der Waals surface area contributed by atoms with E-state index in [0.29, 0.717) is 48.4 Å². The minimum atomic E-state index is -3.84. The highest BCUT2D eigenvalue weighted by molar-refractivity contribution is 7.93. The standard InChI is InChI=1S/C31H30N6O4S2/c1-21-5-14-27-28(20-21)42-31(34-27)35-43(39,40)25-12-6-22(7-13-25)33-29-26(4-3-15-32-29)30(38)37-18-16-36(17-19-37)23-8-10-24(41-2)11-9-23/h3-15,20H,16-19H2,1-2H3,(H,32,33)(H,34,35). The molecule has 0 spiro atoms. The van der Waals surface area contributed by atoms with Crippen LogP contribution < -0.4 is 19.7 Å². The van der Waals surface area contributed by atoms with Gasteiger partial charge in [0.05, 0.1) is 27.8 Å². The number of fused-ring (bicyclic) bond motifs is 1. The number of nitrogens with zero attached hydrogens (tertiary/aromatic N) is 4. The molecule has 43 heavy (non-hydrogen) atoms. The first-order chi connectivity index (χ1) is 20.8. The van der Waals surface area contributed by atoms with Crippen LogP contribution >= 0.6 is 11.3 Å². The first kappa shape index (κ1) is 28.4. The molecule has 12 heteroatoms. The number of aryl methyl sites for hydroxylation is 1. The largest absolute Gasteiger partial charge is 0.497 e. The Balaban J connectivity index is 1.11. The van der Waals surface area contributed by atoms with Crippen molar-refractivity contribution in [3.8, 4) is 5.75 Å². The molecule has 220 valence electrons. The molecule has 1 amide bonds. The fourth-order valence-electron chi connectivity index (χ4n) is 4.91. The summed E-state index contributed by atoms with van der Waals surface area (Å²) in [5.74, 6) is 1.10. The molecule has 0 atom stereocenters. The molecule has 0 saturated carbocycles. The van der Waals surface area contributed by atoms with E-state index in [1.165, 1.54) is 23.5 Å². The van der Waals surface area contributed by atoms with E-state index in [9.17, 15) is 13.2 Å². The quantitative estimate of drug-likeness (QED) is 0.235. The number of aromatic nitrogens is 2. The highest BCUT2D eigenvalue weighted by Crippen LogP contribution is 2.29. The van der Waals surface area contributed by atoms with Crippen molar-refractivity contribution in [2.24, 2.45) is 0 Å². The van der Waals surface area contributed by atoms with Gasteiger partial charge in [-0.25, -0.2) is 18.4 Å². The lowest BCUT2D eigenvalue weighted by molar-refractivity contribution is 0.0747. The Morgan fingerprint density at radius 3 is 2.42 bits per heavy atom. The van der Waals surface area contributed by atoms with Crippen LogP contribution in [0.25, 0.3) is 10.2 Å². The van der Waals surface area contributed by atoms with Gasteiger partial charge in [-0.05, 0) is 85.3 Å². The second-order valence-electron chi connectivity index (χ2n) is 10.1. The summed E-state index contributed by atoms with van der Waals surface area (Å²) in [7, 11) is -2.20. The van der Waals surface area contributed by atoms with E-state index in [2.05, 4.69) is 24.9 Å². The zero-order valence-electron chi connectivity index (χ0n) is 23.6. The van der Waals surface area contributed by atoms with Crippen molar-refractivity contribution in [1.29, 1.82) is 0 Å². The topological polar surface area (TPSA) is 117 Å². The van der Waals surface area contributed by atoms with Crippen LogP contribution in [0.15, 0.2) is 90.0 Å². The third-order valence-corrected chi connectivity index (χ3v) is 9.65. The number of thiazole rings is 1. The summed E-state index contributed by atoms with van der Waals surface area (Å²) in [5.41, 5.74) is 3.97. The van der Waals surface area contributed by atoms with E-state index < -0.39 is 10.0 Å². The molecule has 3 aromatic carbocycles. The number of carbonyl (C=O) groups is 1. The lowest BCUT2D eigenvalue weighted by Gasteiger charge is -2.36. The maximum absolute atomic E-state index is 13.5. The van der Waals surface area contributed by atoms with Gasteiger partial charge in [0.15, 0.2) is 5.13 Å². The van der Waals surface area contributed by atoms with Gasteiger partial charge in [-0.2, -0.15) is 0 Å². The number of nitrogens with one attached hydrogen (secondary N) is 2. The third kappa shape index (κ3) is 6.25. The van der Waals surface area contributed by atoms with Gasteiger partial charge in [0, 0.05) is 43.8 Å². The van der Waals surface area contributed by atoms with Gasteiger partial charge < -0.3 is 19.9 Å². The fourth-order valence-corrected chi connectivity index (χ4v) is 7.11. The monoisotopic (exact) mass is 614 g/mol. The summed E-state index contributed by atoms with van der Waals surface area (Å²) < 4.78 is 34.8. The van der Waals surface area contributed by atoms with E-state index in [-0.39, 0.29) is 10.8 Å². The average molecular weight is 615 g/mol. The predicted octanol–water partition coefficient (Wildman–Crippen LogP) is 5.52. The fraction of sp³-hybridized carbons (Fsp3) is 0.194. The molecular formula is C31H30N6O4S2. The molecule has 5 aromatic rings. The number of amides is 1. The first-order valence-electron chi connectivity index (χ1n) is 13.7. The van der Waals surface area contributed by atoms with Gasteiger partial charge in [0.2, 0.25) is 0 Å². The van der Waals surface area contributed by atoms with Crippen LogP contribution in [0.3, 0.4) is 0 Å². The number of pyridine rings is 1. The Morgan fingerprint density at radius 2 is 1.70 bits per heavy atom. The molecule has 1 aliphatic heterocycles. The normalized spacial score (nSPS) is 13.6. The van der Waals surface area contributed by atoms with Gasteiger partial charge in [-0.15, -0.1) is 0 Å². The summed E-state index contributed by atoms with van der Waals surface area (Å²) in [6, 6.07) is 23.5. The Labute approximate surface area is 254 Å². The molecule has 3 heterocycles. The number of rotatable bonds is 8. The summed E-state index contributed by atoms with van der Waals surface area (Å²) in [6.07, 6.45) is 1.61. The van der Waals surface area contributed by atoms with E-state index in [4.69, 9.17) is 4.74 Å². The van der Waals surface area contributed by atoms with Gasteiger partial charge in [-0.3, -0.25) is 9.52 Å². The Hall–Kier alpha value is -4.68. The van der Waals surface area contributed by atoms with Crippen molar-refractivity contribution < 1.29 is 17.9 Å². The summed E-state index contributed by atoms with van der Waals surface area (Å²) in [5, 5.41) is 3.49. The Kier molecular flexibility index (Phi) is 7.87. The van der Waals surface area contributed by atoms with E-state index in [1.54, 1.807) is 37.6 Å². The minimum Gasteiger partial charge on any atom is -0.497 e. The van der Waals surface area contributed by atoms with Crippen molar-refractivity contribution in [2.45, 2.75) is 11.8 Å². The number of carbonyl (C=O) groups excluding carboxylic acids is 1. The van der Waals surface area contributed by atoms with Crippen LogP contribution in [0.1, 0.15) is 15.9 Å². The Morgan fingerprint density at radius 1 is 0.953 bits per heavy atom. The van der Waals surface area contributed by atoms with Crippen molar-refractivity contribution in [3.05, 3.63) is 96.2 Å². The molecule has 0 radical (unpaired) electrons. The molecular weight excluding hydrogens is 585 g/mol. The zero-order valence-corrected chi connectivity index (χ0v) is 25.3. The first-order valence-corrected chi connectivity index (χ1v) is 16.0. The molecule has 10 nitrogen and oxygen atoms in total. The third-order valence-electron chi connectivity index (χ3n) is 7.24. The van der Waals surface area contributed by atoms with Gasteiger partial charge in [-0.1, -0.05) is 17.4 Å². The Bertz CT molecular complexity index is 1870. The van der Waals surface area contributed by atoms with Crippen molar-refractivity contribution in [1.82, 2.24) is 14.9 Å². The molecule has 1 fully saturated rings. The number of methoxy groups -OCH3 is 1. The molecule has 1 saturated heterocycles. The SMILES string of the molecule is COc1ccc(N2CCN(C(=O)c3cccnc3Nc3ccc(S(=O)(=O)Nc4nc5ccc(C)cc5s4)cc3)CC2)cc1. The molecule has 2 N–H and O–H groups in total. The van der Waals surface area contributed by atoms with Crippen LogP contribution in [-0.2, 0) is 10.0 Å². The van der Waals surface area contributed by atoms with Gasteiger partial charge in [0.25, 0.3) is 15.9 Å². The minimum absolute atomic E-state index is 0.0977. The predicted molar refractivity (Wildman–Crippen MR) is 170 cm³/mol. The number of hydrogen-bond acceptors (Lipinski definition) is 9. The highest BCUT2D eigenvalue weighted by atomic mass is 32.2. The summed E-state index contributed by atoms with van der Waals surface area (Å²) in [4.78, 5) is 26.5. The molecule has 2 aromatic heterocycles. The number of anilines is 4. The number of hydrogen-bond donors (Lipinski definition) is 2. The number of sulfonamides is 1. The second-order valence-corrected chi connectivity index (χ2v) is 12.8. The number of benzene rings is 3. The lowest BCUT2D eigenvalue weighted by Crippen LogP contribution is -2.48. The van der Waals surface area contributed by atoms with E-state index in [1.807, 2.05) is 54.3 Å².